The van der Waals surface area contributed by atoms with Crippen LogP contribution in [-0.4, -0.2) is 32.8 Å². The number of fused-ring (bicyclic) bond motifs is 1. The van der Waals surface area contributed by atoms with E-state index in [-0.39, 0.29) is 22.5 Å². The van der Waals surface area contributed by atoms with Gasteiger partial charge in [-0.2, -0.15) is 8.42 Å². The van der Waals surface area contributed by atoms with E-state index in [1.54, 1.807) is 0 Å². The lowest BCUT2D eigenvalue weighted by molar-refractivity contribution is 0.285. The average Bonchev–Trinajstić information content (AvgIpc) is 2.74. The fourth-order valence-corrected chi connectivity index (χ4v) is 3.21. The first kappa shape index (κ1) is 14.4. The number of nitrogen functional groups attached to an aromatic ring is 1. The molecule has 2 heterocycles. The molecule has 10 nitrogen and oxygen atoms in total. The summed E-state index contributed by atoms with van der Waals surface area (Å²) in [6.45, 7) is 0.370. The van der Waals surface area contributed by atoms with Gasteiger partial charge in [0.1, 0.15) is 12.2 Å². The van der Waals surface area contributed by atoms with Gasteiger partial charge in [0.2, 0.25) is 0 Å². The van der Waals surface area contributed by atoms with Gasteiger partial charge in [0.15, 0.2) is 16.7 Å². The Kier molecular flexibility index (Phi) is 3.93. The topological polar surface area (TPSA) is 148 Å². The predicted molar refractivity (Wildman–Crippen MR) is 69.0 cm³/mol. The molecule has 1 aromatic rings. The summed E-state index contributed by atoms with van der Waals surface area (Å²) in [5.74, 6) is 0.298. The molecule has 0 aromatic carbocycles. The van der Waals surface area contributed by atoms with Gasteiger partial charge in [0, 0.05) is 12.3 Å². The number of nitrogens with two attached hydrogens (primary N) is 1. The number of nitrogens with zero attached hydrogens (tertiary/aromatic N) is 3. The highest BCUT2D eigenvalue weighted by molar-refractivity contribution is 7.99. The van der Waals surface area contributed by atoms with Crippen molar-refractivity contribution in [1.29, 1.82) is 0 Å². The Balaban J connectivity index is 2.52. The number of aromatic nitrogens is 2. The Labute approximate surface area is 115 Å². The third kappa shape index (κ3) is 2.96. The number of rotatable bonds is 4. The van der Waals surface area contributed by atoms with Crippen molar-refractivity contribution in [2.45, 2.75) is 11.7 Å². The number of anilines is 2. The van der Waals surface area contributed by atoms with E-state index in [1.165, 1.54) is 16.3 Å². The van der Waals surface area contributed by atoms with Crippen molar-refractivity contribution in [3.8, 4) is 0 Å². The van der Waals surface area contributed by atoms with Crippen molar-refractivity contribution in [3.05, 3.63) is 10.4 Å². The Bertz CT molecular complexity index is 658. The van der Waals surface area contributed by atoms with E-state index in [0.29, 0.717) is 17.5 Å². The molecule has 0 spiro atoms. The monoisotopic (exact) mass is 328 g/mol. The lowest BCUT2D eigenvalue weighted by Crippen LogP contribution is -2.31. The largest absolute Gasteiger partial charge is 0.419 e. The normalized spacial score (nSPS) is 14.4. The van der Waals surface area contributed by atoms with Crippen LogP contribution in [0.1, 0.15) is 0 Å². The standard InChI is InChI=1S/C6H8N4O6S3/c7-4-3(10(18-12)16-19(13,14)15)5(11)9-1-2-17-6(9)8-4/h12H,1-2,7H2,(H,13,14,15). The smallest absolute Gasteiger partial charge is 0.382 e. The molecule has 1 aromatic heterocycles. The van der Waals surface area contributed by atoms with Gasteiger partial charge in [-0.25, -0.2) is 4.98 Å². The highest BCUT2D eigenvalue weighted by Crippen LogP contribution is 2.29. The highest BCUT2D eigenvalue weighted by atomic mass is 32.3. The molecule has 0 amide bonds. The van der Waals surface area contributed by atoms with Crippen LogP contribution in [0.5, 0.6) is 0 Å². The Morgan fingerprint density at radius 1 is 1.58 bits per heavy atom. The summed E-state index contributed by atoms with van der Waals surface area (Å²) < 4.78 is 44.2. The Hall–Kier alpha value is -0.990. The van der Waals surface area contributed by atoms with Gasteiger partial charge in [0.25, 0.3) is 5.56 Å². The van der Waals surface area contributed by atoms with E-state index < -0.39 is 21.6 Å². The second-order valence-electron chi connectivity index (χ2n) is 3.27. The van der Waals surface area contributed by atoms with Gasteiger partial charge in [-0.1, -0.05) is 11.8 Å². The molecule has 1 aliphatic rings. The van der Waals surface area contributed by atoms with Crippen LogP contribution >= 0.6 is 24.0 Å². The minimum absolute atomic E-state index is 0.177. The number of hydrogen-bond acceptors (Lipinski definition) is 10. The number of hydrogen-bond donors (Lipinski definition) is 3. The Morgan fingerprint density at radius 2 is 2.26 bits per heavy atom. The van der Waals surface area contributed by atoms with Gasteiger partial charge < -0.3 is 10.3 Å². The molecule has 0 aliphatic carbocycles. The second-order valence-corrected chi connectivity index (χ2v) is 5.84. The molecule has 19 heavy (non-hydrogen) atoms. The zero-order valence-electron chi connectivity index (χ0n) is 9.09. The molecule has 13 heteroatoms. The van der Waals surface area contributed by atoms with E-state index in [9.17, 15) is 13.2 Å². The Morgan fingerprint density at radius 3 is 2.84 bits per heavy atom. The van der Waals surface area contributed by atoms with Crippen LogP contribution < -0.4 is 15.8 Å². The molecule has 1 aliphatic heterocycles. The second kappa shape index (κ2) is 5.18. The summed E-state index contributed by atoms with van der Waals surface area (Å²) in [7, 11) is -4.92. The first-order chi connectivity index (χ1) is 8.83. The lowest BCUT2D eigenvalue weighted by Gasteiger charge is -2.17. The van der Waals surface area contributed by atoms with Crippen LogP contribution in [0.2, 0.25) is 0 Å². The van der Waals surface area contributed by atoms with Crippen LogP contribution in [-0.2, 0) is 21.2 Å². The fraction of sp³-hybridized carbons (Fsp3) is 0.333. The maximum atomic E-state index is 12.1. The van der Waals surface area contributed by atoms with Crippen LogP contribution in [0.15, 0.2) is 9.95 Å². The van der Waals surface area contributed by atoms with Gasteiger partial charge in [-0.05, 0) is 0 Å². The quantitative estimate of drug-likeness (QED) is 0.218. The summed E-state index contributed by atoms with van der Waals surface area (Å²) >= 11 is 1.07. The van der Waals surface area contributed by atoms with E-state index >= 15 is 0 Å². The van der Waals surface area contributed by atoms with Gasteiger partial charge in [0.05, 0.1) is 0 Å². The minimum Gasteiger partial charge on any atom is -0.382 e. The average molecular weight is 328 g/mol. The molecule has 106 valence electrons. The summed E-state index contributed by atoms with van der Waals surface area (Å²) in [5, 5.41) is 0.390. The van der Waals surface area contributed by atoms with Crippen molar-refractivity contribution >= 4 is 45.9 Å². The SMILES string of the molecule is Nc1nc2n(c(=O)c1N(OS(=O)(=O)O)SO)CCS2. The molecular formula is C6H8N4O6S3. The van der Waals surface area contributed by atoms with Crippen LogP contribution in [0.25, 0.3) is 0 Å². The summed E-state index contributed by atoms with van der Waals surface area (Å²) in [6, 6.07) is 0. The molecule has 4 N–H and O–H groups in total. The molecule has 0 atom stereocenters. The molecule has 2 rings (SSSR count). The van der Waals surface area contributed by atoms with Crippen LogP contribution in [0.3, 0.4) is 0 Å². The zero-order chi connectivity index (χ0) is 14.2. The highest BCUT2D eigenvalue weighted by Gasteiger charge is 2.27. The van der Waals surface area contributed by atoms with Crippen LogP contribution in [0.4, 0.5) is 11.5 Å². The molecule has 0 fully saturated rings. The van der Waals surface area contributed by atoms with E-state index in [1.807, 2.05) is 0 Å². The molecule has 0 bridgehead atoms. The van der Waals surface area contributed by atoms with E-state index in [4.69, 9.17) is 14.8 Å². The van der Waals surface area contributed by atoms with Gasteiger partial charge in [-0.15, -0.1) is 8.75 Å². The van der Waals surface area contributed by atoms with Crippen molar-refractivity contribution in [2.75, 3.05) is 16.0 Å². The molecular weight excluding hydrogens is 320 g/mol. The van der Waals surface area contributed by atoms with Crippen molar-refractivity contribution in [1.82, 2.24) is 9.55 Å². The third-order valence-electron chi connectivity index (χ3n) is 2.10. The van der Waals surface area contributed by atoms with Crippen LogP contribution in [0, 0.1) is 0 Å². The first-order valence-corrected chi connectivity index (χ1v) is 7.73. The molecule has 0 unspecified atom stereocenters. The van der Waals surface area contributed by atoms with E-state index in [2.05, 4.69) is 9.27 Å². The van der Waals surface area contributed by atoms with E-state index in [0.717, 1.165) is 0 Å². The number of thioether (sulfide) groups is 1. The maximum Gasteiger partial charge on any atom is 0.419 e. The predicted octanol–water partition coefficient (Wildman–Crippen LogP) is -0.407. The van der Waals surface area contributed by atoms with Crippen molar-refractivity contribution in [2.24, 2.45) is 0 Å². The van der Waals surface area contributed by atoms with Gasteiger partial charge in [-0.3, -0.25) is 13.9 Å². The summed E-state index contributed by atoms with van der Waals surface area (Å²) in [5.41, 5.74) is 4.36. The van der Waals surface area contributed by atoms with Crippen molar-refractivity contribution < 1.29 is 21.8 Å². The lowest BCUT2D eigenvalue weighted by atomic mass is 10.4. The minimum atomic E-state index is -4.92. The third-order valence-corrected chi connectivity index (χ3v) is 3.90. The summed E-state index contributed by atoms with van der Waals surface area (Å²) in [4.78, 5) is 16.0. The van der Waals surface area contributed by atoms with Gasteiger partial charge >= 0.3 is 10.4 Å². The maximum absolute atomic E-state index is 12.1. The fourth-order valence-electron chi connectivity index (χ4n) is 1.43. The van der Waals surface area contributed by atoms with Crippen molar-refractivity contribution in [3.63, 3.8) is 0 Å². The zero-order valence-corrected chi connectivity index (χ0v) is 11.5. The molecule has 0 radical (unpaired) electrons. The molecule has 0 saturated carbocycles. The molecule has 0 saturated heterocycles. The summed E-state index contributed by atoms with van der Waals surface area (Å²) in [6.07, 6.45) is 0. The first-order valence-electron chi connectivity index (χ1n) is 4.65.